The van der Waals surface area contributed by atoms with Gasteiger partial charge < -0.3 is 9.84 Å². The Balaban J connectivity index is 1.51. The Kier molecular flexibility index (Phi) is 5.01. The molecule has 0 radical (unpaired) electrons. The van der Waals surface area contributed by atoms with Crippen LogP contribution < -0.4 is 0 Å². The fraction of sp³-hybridized carbons (Fsp3) is 0.520. The first-order chi connectivity index (χ1) is 13.3. The van der Waals surface area contributed by atoms with Crippen molar-refractivity contribution in [2.45, 2.75) is 64.7 Å². The van der Waals surface area contributed by atoms with Crippen molar-refractivity contribution in [2.75, 3.05) is 13.1 Å². The molecule has 3 atom stereocenters. The monoisotopic (exact) mass is 379 g/mol. The van der Waals surface area contributed by atoms with Gasteiger partial charge in [-0.25, -0.2) is 0 Å². The molecule has 0 spiro atoms. The smallest absolute Gasteiger partial charge is 0.119 e. The van der Waals surface area contributed by atoms with Crippen LogP contribution in [0.3, 0.4) is 0 Å². The van der Waals surface area contributed by atoms with E-state index in [1.54, 1.807) is 0 Å². The second kappa shape index (κ2) is 7.20. The molecular formula is C25H33NO2. The van der Waals surface area contributed by atoms with Crippen molar-refractivity contribution < 1.29 is 9.84 Å². The van der Waals surface area contributed by atoms with Gasteiger partial charge in [-0.2, -0.15) is 0 Å². The third-order valence-corrected chi connectivity index (χ3v) is 7.61. The van der Waals surface area contributed by atoms with Gasteiger partial charge in [-0.3, -0.25) is 4.90 Å². The summed E-state index contributed by atoms with van der Waals surface area (Å²) in [5, 5.41) is 10.5. The van der Waals surface area contributed by atoms with Gasteiger partial charge in [-0.05, 0) is 54.5 Å². The van der Waals surface area contributed by atoms with E-state index in [4.69, 9.17) is 4.74 Å². The lowest BCUT2D eigenvalue weighted by molar-refractivity contribution is -0.0651. The van der Waals surface area contributed by atoms with E-state index in [-0.39, 0.29) is 16.9 Å². The third-order valence-electron chi connectivity index (χ3n) is 7.61. The molecule has 2 aromatic carbocycles. The summed E-state index contributed by atoms with van der Waals surface area (Å²) in [7, 11) is 0. The summed E-state index contributed by atoms with van der Waals surface area (Å²) in [5.74, 6) is 0.458. The third kappa shape index (κ3) is 3.15. The Hall–Kier alpha value is -1.84. The molecule has 1 N–H and O–H groups in total. The SMILES string of the molecule is CC(CN1CC[C@]2(C)c3cccc(O)c3C[C@@H]1C2(C)C)OCc1ccccc1. The summed E-state index contributed by atoms with van der Waals surface area (Å²) < 4.78 is 6.16. The lowest BCUT2D eigenvalue weighted by atomic mass is 9.51. The molecule has 2 aliphatic rings. The molecule has 0 aromatic heterocycles. The van der Waals surface area contributed by atoms with Crippen LogP contribution in [0.15, 0.2) is 48.5 Å². The first-order valence-corrected chi connectivity index (χ1v) is 10.5. The van der Waals surface area contributed by atoms with E-state index < -0.39 is 0 Å². The van der Waals surface area contributed by atoms with Crippen molar-refractivity contribution >= 4 is 0 Å². The van der Waals surface area contributed by atoms with Crippen molar-refractivity contribution in [2.24, 2.45) is 5.41 Å². The Labute approximate surface area is 169 Å². The van der Waals surface area contributed by atoms with E-state index in [0.717, 1.165) is 31.5 Å². The number of benzene rings is 2. The number of hydrogen-bond donors (Lipinski definition) is 1. The van der Waals surface area contributed by atoms with Gasteiger partial charge in [-0.15, -0.1) is 0 Å². The van der Waals surface area contributed by atoms with Crippen molar-refractivity contribution in [3.8, 4) is 5.75 Å². The van der Waals surface area contributed by atoms with E-state index in [9.17, 15) is 5.11 Å². The number of hydrogen-bond acceptors (Lipinski definition) is 3. The van der Waals surface area contributed by atoms with E-state index in [0.29, 0.717) is 18.4 Å². The van der Waals surface area contributed by atoms with Gasteiger partial charge in [-0.1, -0.05) is 63.2 Å². The van der Waals surface area contributed by atoms with Crippen molar-refractivity contribution in [1.82, 2.24) is 4.90 Å². The molecule has 2 bridgehead atoms. The minimum atomic E-state index is 0.0919. The number of nitrogens with zero attached hydrogens (tertiary/aromatic N) is 1. The molecule has 1 aliphatic heterocycles. The lowest BCUT2D eigenvalue weighted by Crippen LogP contribution is -2.64. The van der Waals surface area contributed by atoms with Crippen LogP contribution in [0.4, 0.5) is 0 Å². The van der Waals surface area contributed by atoms with Gasteiger partial charge in [0.15, 0.2) is 0 Å². The molecule has 2 aromatic rings. The number of phenolic OH excluding ortho intramolecular Hbond substituents is 1. The van der Waals surface area contributed by atoms with Crippen LogP contribution in [0.5, 0.6) is 5.75 Å². The standard InChI is InChI=1S/C25H33NO2/c1-18(28-17-19-9-6-5-7-10-19)16-26-14-13-25(4)21-11-8-12-22(27)20(21)15-23(26)24(25,2)3/h5-12,18,23,27H,13-17H2,1-4H3/t18?,23-,25-/m1/s1. The molecule has 3 nitrogen and oxygen atoms in total. The summed E-state index contributed by atoms with van der Waals surface area (Å²) in [6.45, 7) is 12.1. The maximum Gasteiger partial charge on any atom is 0.119 e. The number of ether oxygens (including phenoxy) is 1. The average molecular weight is 380 g/mol. The van der Waals surface area contributed by atoms with Gasteiger partial charge >= 0.3 is 0 Å². The summed E-state index contributed by atoms with van der Waals surface area (Å²) in [6.07, 6.45) is 2.19. The fourth-order valence-corrected chi connectivity index (χ4v) is 5.45. The second-order valence-electron chi connectivity index (χ2n) is 9.43. The van der Waals surface area contributed by atoms with Crippen LogP contribution >= 0.6 is 0 Å². The van der Waals surface area contributed by atoms with Crippen molar-refractivity contribution in [3.05, 3.63) is 65.2 Å². The highest BCUT2D eigenvalue weighted by atomic mass is 16.5. The van der Waals surface area contributed by atoms with Gasteiger partial charge in [0, 0.05) is 18.0 Å². The van der Waals surface area contributed by atoms with Crippen LogP contribution in [0.1, 0.15) is 50.8 Å². The second-order valence-corrected chi connectivity index (χ2v) is 9.43. The summed E-state index contributed by atoms with van der Waals surface area (Å²) in [5.41, 5.74) is 3.95. The van der Waals surface area contributed by atoms with Crippen molar-refractivity contribution in [3.63, 3.8) is 0 Å². The highest BCUT2D eigenvalue weighted by Gasteiger charge is 2.56. The molecule has 3 heteroatoms. The molecule has 150 valence electrons. The van der Waals surface area contributed by atoms with Crippen LogP contribution in [0, 0.1) is 5.41 Å². The minimum Gasteiger partial charge on any atom is -0.508 e. The molecule has 0 amide bonds. The number of rotatable bonds is 5. The van der Waals surface area contributed by atoms with Crippen LogP contribution in [-0.4, -0.2) is 35.2 Å². The summed E-state index contributed by atoms with van der Waals surface area (Å²) >= 11 is 0. The molecule has 1 saturated heterocycles. The molecule has 1 aliphatic carbocycles. The number of piperidine rings is 1. The zero-order chi connectivity index (χ0) is 19.9. The number of fused-ring (bicyclic) bond motifs is 4. The maximum atomic E-state index is 10.5. The fourth-order valence-electron chi connectivity index (χ4n) is 5.45. The first kappa shape index (κ1) is 19.5. The summed E-state index contributed by atoms with van der Waals surface area (Å²) in [6, 6.07) is 16.9. The van der Waals surface area contributed by atoms with Crippen LogP contribution in [-0.2, 0) is 23.2 Å². The van der Waals surface area contributed by atoms with E-state index in [2.05, 4.69) is 62.9 Å². The van der Waals surface area contributed by atoms with E-state index >= 15 is 0 Å². The van der Waals surface area contributed by atoms with Crippen LogP contribution in [0.25, 0.3) is 0 Å². The zero-order valence-electron chi connectivity index (χ0n) is 17.6. The Morgan fingerprint density at radius 1 is 1.11 bits per heavy atom. The average Bonchev–Trinajstić information content (AvgIpc) is 2.67. The highest BCUT2D eigenvalue weighted by Crippen LogP contribution is 2.57. The first-order valence-electron chi connectivity index (χ1n) is 10.5. The summed E-state index contributed by atoms with van der Waals surface area (Å²) in [4.78, 5) is 2.60. The predicted octanol–water partition coefficient (Wildman–Crippen LogP) is 4.91. The molecule has 0 saturated carbocycles. The Bertz CT molecular complexity index is 832. The Morgan fingerprint density at radius 2 is 1.86 bits per heavy atom. The lowest BCUT2D eigenvalue weighted by Gasteiger charge is -2.61. The Morgan fingerprint density at radius 3 is 2.61 bits per heavy atom. The van der Waals surface area contributed by atoms with Crippen LogP contribution in [0.2, 0.25) is 0 Å². The topological polar surface area (TPSA) is 32.7 Å². The quantitative estimate of drug-likeness (QED) is 0.801. The van der Waals surface area contributed by atoms with E-state index in [1.807, 2.05) is 18.2 Å². The number of likely N-dealkylation sites (tertiary alicyclic amines) is 1. The van der Waals surface area contributed by atoms with Crippen molar-refractivity contribution in [1.29, 1.82) is 0 Å². The van der Waals surface area contributed by atoms with E-state index in [1.165, 1.54) is 11.1 Å². The molecule has 4 rings (SSSR count). The number of aromatic hydroxyl groups is 1. The van der Waals surface area contributed by atoms with Gasteiger partial charge in [0.25, 0.3) is 0 Å². The number of phenols is 1. The van der Waals surface area contributed by atoms with Gasteiger partial charge in [0.05, 0.1) is 12.7 Å². The molecule has 1 unspecified atom stereocenters. The normalized spacial score (nSPS) is 27.2. The van der Waals surface area contributed by atoms with Gasteiger partial charge in [0.1, 0.15) is 5.75 Å². The molecular weight excluding hydrogens is 346 g/mol. The zero-order valence-corrected chi connectivity index (χ0v) is 17.6. The molecule has 1 heterocycles. The molecule has 28 heavy (non-hydrogen) atoms. The molecule has 1 fully saturated rings. The predicted molar refractivity (Wildman–Crippen MR) is 114 cm³/mol. The van der Waals surface area contributed by atoms with Gasteiger partial charge in [0.2, 0.25) is 0 Å². The minimum absolute atomic E-state index is 0.0919. The highest BCUT2D eigenvalue weighted by molar-refractivity contribution is 5.48. The maximum absolute atomic E-state index is 10.5. The largest absolute Gasteiger partial charge is 0.508 e.